The SMILES string of the molecule is COc1ccc(N(c2cc(OC)c(OC)c(OC)c2)c2ncc3ccccc3n2)cc1OC. The standard InChI is InChI=1S/C25H25N3O5/c1-29-20-11-10-17(12-21(20)30-2)28(25-26-15-16-8-6-7-9-19(16)27-25)18-13-22(31-3)24(33-5)23(14-18)32-4/h6-15H,1-5H3. The van der Waals surface area contributed by atoms with Crippen molar-refractivity contribution in [3.8, 4) is 28.7 Å². The molecule has 0 amide bonds. The average Bonchev–Trinajstić information content (AvgIpc) is 2.87. The Hall–Kier alpha value is -4.20. The van der Waals surface area contributed by atoms with Gasteiger partial charge in [-0.05, 0) is 18.2 Å². The highest BCUT2D eigenvalue weighted by Crippen LogP contribution is 2.45. The fourth-order valence-corrected chi connectivity index (χ4v) is 3.61. The second-order valence-electron chi connectivity index (χ2n) is 6.99. The van der Waals surface area contributed by atoms with Crippen molar-refractivity contribution in [2.45, 2.75) is 0 Å². The maximum Gasteiger partial charge on any atom is 0.235 e. The molecule has 0 aliphatic carbocycles. The summed E-state index contributed by atoms with van der Waals surface area (Å²) in [6, 6.07) is 17.1. The Balaban J connectivity index is 1.97. The number of nitrogens with zero attached hydrogens (tertiary/aromatic N) is 3. The molecule has 8 heteroatoms. The number of hydrogen-bond donors (Lipinski definition) is 0. The summed E-state index contributed by atoms with van der Waals surface area (Å²) in [5.41, 5.74) is 2.30. The lowest BCUT2D eigenvalue weighted by atomic mass is 10.2. The van der Waals surface area contributed by atoms with Crippen LogP contribution in [0.1, 0.15) is 0 Å². The van der Waals surface area contributed by atoms with Crippen molar-refractivity contribution < 1.29 is 23.7 Å². The molecule has 0 bridgehead atoms. The van der Waals surface area contributed by atoms with Crippen LogP contribution in [0.2, 0.25) is 0 Å². The lowest BCUT2D eigenvalue weighted by Gasteiger charge is -2.25. The van der Waals surface area contributed by atoms with E-state index >= 15 is 0 Å². The van der Waals surface area contributed by atoms with Gasteiger partial charge in [-0.15, -0.1) is 0 Å². The van der Waals surface area contributed by atoms with E-state index in [9.17, 15) is 0 Å². The number of rotatable bonds is 8. The molecule has 0 fully saturated rings. The van der Waals surface area contributed by atoms with Crippen molar-refractivity contribution in [3.05, 3.63) is 60.8 Å². The average molecular weight is 447 g/mol. The van der Waals surface area contributed by atoms with Crippen LogP contribution in [-0.2, 0) is 0 Å². The number of methoxy groups -OCH3 is 5. The van der Waals surface area contributed by atoms with E-state index in [4.69, 9.17) is 28.7 Å². The molecule has 1 heterocycles. The molecule has 0 spiro atoms. The van der Waals surface area contributed by atoms with E-state index in [2.05, 4.69) is 4.98 Å². The monoisotopic (exact) mass is 447 g/mol. The number of aromatic nitrogens is 2. The number of benzene rings is 3. The van der Waals surface area contributed by atoms with Gasteiger partial charge in [0.2, 0.25) is 11.7 Å². The van der Waals surface area contributed by atoms with E-state index in [1.807, 2.05) is 59.5 Å². The molecule has 4 rings (SSSR count). The van der Waals surface area contributed by atoms with Gasteiger partial charge in [-0.1, -0.05) is 18.2 Å². The fourth-order valence-electron chi connectivity index (χ4n) is 3.61. The van der Waals surface area contributed by atoms with Crippen LogP contribution in [0.3, 0.4) is 0 Å². The smallest absolute Gasteiger partial charge is 0.235 e. The quantitative estimate of drug-likeness (QED) is 0.367. The summed E-state index contributed by atoms with van der Waals surface area (Å²) in [7, 11) is 7.92. The molecule has 0 unspecified atom stereocenters. The first-order chi connectivity index (χ1) is 16.1. The summed E-state index contributed by atoms with van der Waals surface area (Å²) >= 11 is 0. The molecule has 0 radical (unpaired) electrons. The normalized spacial score (nSPS) is 10.6. The Morgan fingerprint density at radius 1 is 0.636 bits per heavy atom. The second kappa shape index (κ2) is 9.52. The zero-order chi connectivity index (χ0) is 23.4. The number of ether oxygens (including phenoxy) is 5. The van der Waals surface area contributed by atoms with E-state index in [0.717, 1.165) is 16.6 Å². The number of fused-ring (bicyclic) bond motifs is 1. The molecule has 0 aliphatic heterocycles. The van der Waals surface area contributed by atoms with Crippen LogP contribution in [0.15, 0.2) is 60.8 Å². The zero-order valence-electron chi connectivity index (χ0n) is 19.2. The van der Waals surface area contributed by atoms with E-state index in [1.54, 1.807) is 41.7 Å². The number of para-hydroxylation sites is 1. The van der Waals surface area contributed by atoms with Crippen molar-refractivity contribution in [2.75, 3.05) is 40.4 Å². The molecule has 0 saturated heterocycles. The molecule has 1 aromatic heterocycles. The van der Waals surface area contributed by atoms with Gasteiger partial charge in [0.15, 0.2) is 23.0 Å². The summed E-state index contributed by atoms with van der Waals surface area (Å²) in [6.07, 6.45) is 1.80. The lowest BCUT2D eigenvalue weighted by Crippen LogP contribution is -2.14. The third-order valence-electron chi connectivity index (χ3n) is 5.21. The third kappa shape index (κ3) is 4.15. The first-order valence-corrected chi connectivity index (χ1v) is 10.2. The predicted molar refractivity (Wildman–Crippen MR) is 127 cm³/mol. The first-order valence-electron chi connectivity index (χ1n) is 10.2. The Kier molecular flexibility index (Phi) is 6.35. The molecule has 0 atom stereocenters. The fraction of sp³-hybridized carbons (Fsp3) is 0.200. The molecular formula is C25H25N3O5. The van der Waals surface area contributed by atoms with Crippen LogP contribution in [0, 0.1) is 0 Å². The zero-order valence-corrected chi connectivity index (χ0v) is 19.2. The third-order valence-corrected chi connectivity index (χ3v) is 5.21. The molecule has 170 valence electrons. The maximum absolute atomic E-state index is 5.58. The van der Waals surface area contributed by atoms with Crippen molar-refractivity contribution in [1.82, 2.24) is 9.97 Å². The van der Waals surface area contributed by atoms with Crippen LogP contribution in [0.25, 0.3) is 10.9 Å². The van der Waals surface area contributed by atoms with Crippen molar-refractivity contribution >= 4 is 28.2 Å². The van der Waals surface area contributed by atoms with Crippen molar-refractivity contribution in [2.24, 2.45) is 0 Å². The minimum Gasteiger partial charge on any atom is -0.493 e. The Bertz CT molecular complexity index is 1250. The highest BCUT2D eigenvalue weighted by atomic mass is 16.5. The number of hydrogen-bond acceptors (Lipinski definition) is 8. The molecule has 33 heavy (non-hydrogen) atoms. The summed E-state index contributed by atoms with van der Waals surface area (Å²) in [6.45, 7) is 0. The van der Waals surface area contributed by atoms with Gasteiger partial charge in [0, 0.05) is 29.8 Å². The summed E-state index contributed by atoms with van der Waals surface area (Å²) in [5.74, 6) is 3.18. The van der Waals surface area contributed by atoms with Gasteiger partial charge in [0.05, 0.1) is 52.4 Å². The van der Waals surface area contributed by atoms with E-state index in [1.165, 1.54) is 0 Å². The van der Waals surface area contributed by atoms with Crippen molar-refractivity contribution in [3.63, 3.8) is 0 Å². The lowest BCUT2D eigenvalue weighted by molar-refractivity contribution is 0.324. The van der Waals surface area contributed by atoms with Gasteiger partial charge in [-0.2, -0.15) is 0 Å². The van der Waals surface area contributed by atoms with E-state index in [-0.39, 0.29) is 0 Å². The summed E-state index contributed by atoms with van der Waals surface area (Å²) < 4.78 is 27.6. The maximum atomic E-state index is 5.58. The highest BCUT2D eigenvalue weighted by molar-refractivity contribution is 5.82. The van der Waals surface area contributed by atoms with Gasteiger partial charge in [-0.3, -0.25) is 4.90 Å². The topological polar surface area (TPSA) is 75.2 Å². The molecule has 0 aliphatic rings. The molecular weight excluding hydrogens is 422 g/mol. The van der Waals surface area contributed by atoms with Crippen LogP contribution < -0.4 is 28.6 Å². The molecule has 0 N–H and O–H groups in total. The van der Waals surface area contributed by atoms with E-state index in [0.29, 0.717) is 40.4 Å². The number of anilines is 3. The Morgan fingerprint density at radius 2 is 1.27 bits per heavy atom. The van der Waals surface area contributed by atoms with Crippen molar-refractivity contribution in [1.29, 1.82) is 0 Å². The second-order valence-corrected chi connectivity index (χ2v) is 6.99. The molecule has 3 aromatic carbocycles. The van der Waals surface area contributed by atoms with Gasteiger partial charge >= 0.3 is 0 Å². The first kappa shape index (κ1) is 22.0. The van der Waals surface area contributed by atoms with Gasteiger partial charge in [0.25, 0.3) is 0 Å². The molecule has 4 aromatic rings. The Morgan fingerprint density at radius 3 is 1.91 bits per heavy atom. The van der Waals surface area contributed by atoms with E-state index < -0.39 is 0 Å². The Labute approximate surface area is 192 Å². The van der Waals surface area contributed by atoms with Crippen LogP contribution in [0.4, 0.5) is 17.3 Å². The van der Waals surface area contributed by atoms with Crippen LogP contribution in [-0.4, -0.2) is 45.5 Å². The largest absolute Gasteiger partial charge is 0.493 e. The molecule has 0 saturated carbocycles. The molecule has 8 nitrogen and oxygen atoms in total. The highest BCUT2D eigenvalue weighted by Gasteiger charge is 2.22. The minimum atomic E-state index is 0.468. The minimum absolute atomic E-state index is 0.468. The van der Waals surface area contributed by atoms with Gasteiger partial charge < -0.3 is 23.7 Å². The van der Waals surface area contributed by atoms with Gasteiger partial charge in [0.1, 0.15) is 0 Å². The predicted octanol–water partition coefficient (Wildman–Crippen LogP) is 5.14. The van der Waals surface area contributed by atoms with Crippen LogP contribution >= 0.6 is 0 Å². The summed E-state index contributed by atoms with van der Waals surface area (Å²) in [5, 5.41) is 0.943. The van der Waals surface area contributed by atoms with Crippen LogP contribution in [0.5, 0.6) is 28.7 Å². The van der Waals surface area contributed by atoms with Gasteiger partial charge in [-0.25, -0.2) is 9.97 Å². The summed E-state index contributed by atoms with van der Waals surface area (Å²) in [4.78, 5) is 11.3.